The lowest BCUT2D eigenvalue weighted by Crippen LogP contribution is -2.17. The number of hydrogen-bond acceptors (Lipinski definition) is 5. The number of aromatic nitrogens is 4. The second-order valence-corrected chi connectivity index (χ2v) is 5.04. The third-order valence-corrected chi connectivity index (χ3v) is 3.59. The van der Waals surface area contributed by atoms with Crippen LogP contribution >= 0.6 is 0 Å². The van der Waals surface area contributed by atoms with Gasteiger partial charge in [0.25, 0.3) is 5.91 Å². The van der Waals surface area contributed by atoms with E-state index in [0.717, 1.165) is 11.3 Å². The van der Waals surface area contributed by atoms with Crippen LogP contribution in [0.25, 0.3) is 16.3 Å². The van der Waals surface area contributed by atoms with Gasteiger partial charge in [0.2, 0.25) is 0 Å². The normalized spacial score (nSPS) is 18.3. The summed E-state index contributed by atoms with van der Waals surface area (Å²) in [5.41, 5.74) is 1.49. The Hall–Kier alpha value is -2.35. The summed E-state index contributed by atoms with van der Waals surface area (Å²) >= 11 is 0. The first-order valence-corrected chi connectivity index (χ1v) is 6.57. The largest absolute Gasteiger partial charge is 0.269 e. The Morgan fingerprint density at radius 3 is 2.95 bits per heavy atom. The molecule has 7 nitrogen and oxygen atoms in total. The lowest BCUT2D eigenvalue weighted by molar-refractivity contribution is -0.114. The Kier molecular flexibility index (Phi) is 2.71. The summed E-state index contributed by atoms with van der Waals surface area (Å²) < 4.78 is 15.3. The molecular weight excluding hydrogens is 266 g/mol. The molecule has 0 fully saturated rings. The molecule has 0 bridgehead atoms. The van der Waals surface area contributed by atoms with E-state index in [1.165, 1.54) is 10.8 Å². The third-order valence-electron chi connectivity index (χ3n) is 2.52. The topological polar surface area (TPSA) is 89.8 Å². The Morgan fingerprint density at radius 1 is 1.42 bits per heavy atom. The average molecular weight is 275 g/mol. The van der Waals surface area contributed by atoms with Crippen molar-refractivity contribution >= 4 is 21.9 Å². The fourth-order valence-corrected chi connectivity index (χ4v) is 2.51. The first-order chi connectivity index (χ1) is 9.13. The second-order valence-electron chi connectivity index (χ2n) is 3.88. The highest BCUT2D eigenvalue weighted by Gasteiger charge is 2.22. The smallest absolute Gasteiger partial charge is 0.258 e. The molecule has 3 rings (SSSR count). The predicted molar refractivity (Wildman–Crippen MR) is 68.5 cm³/mol. The summed E-state index contributed by atoms with van der Waals surface area (Å²) in [5.74, 6) is 0.272. The lowest BCUT2D eigenvalue weighted by Gasteiger charge is -1.99. The van der Waals surface area contributed by atoms with E-state index < -0.39 is 11.0 Å². The van der Waals surface area contributed by atoms with Gasteiger partial charge in [-0.1, -0.05) is 0 Å². The number of carbonyl (C=O) groups is 1. The van der Waals surface area contributed by atoms with Crippen LogP contribution in [-0.4, -0.2) is 29.9 Å². The maximum Gasteiger partial charge on any atom is 0.258 e. The Labute approximate surface area is 111 Å². The molecule has 19 heavy (non-hydrogen) atoms. The summed E-state index contributed by atoms with van der Waals surface area (Å²) in [7, 11) is -1.56. The van der Waals surface area contributed by atoms with Crippen LogP contribution in [0.2, 0.25) is 0 Å². The molecule has 2 aromatic rings. The monoisotopic (exact) mass is 275 g/mol. The highest BCUT2D eigenvalue weighted by atomic mass is 32.2. The van der Waals surface area contributed by atoms with E-state index in [1.807, 2.05) is 0 Å². The number of hydrogen-bond donors (Lipinski definition) is 1. The summed E-state index contributed by atoms with van der Waals surface area (Å²) in [6, 6.07) is 1.76. The molecule has 0 aromatic carbocycles. The number of carbonyl (C=O) groups excluding carboxylic acids is 1. The van der Waals surface area contributed by atoms with Crippen molar-refractivity contribution in [3.8, 4) is 11.3 Å². The van der Waals surface area contributed by atoms with E-state index in [9.17, 15) is 9.00 Å². The van der Waals surface area contributed by atoms with Gasteiger partial charge in [0.1, 0.15) is 5.82 Å². The fraction of sp³-hybridized carbons (Fsp3) is 0.0909. The molecule has 8 heteroatoms. The van der Waals surface area contributed by atoms with Crippen molar-refractivity contribution in [1.82, 2.24) is 24.5 Å². The SMILES string of the molecule is Cc1nccc(-c2cnn(C3=CC(=O)NS3=O)c2)n1. The maximum atomic E-state index is 11.6. The number of rotatable bonds is 2. The van der Waals surface area contributed by atoms with Crippen molar-refractivity contribution in [2.24, 2.45) is 0 Å². The van der Waals surface area contributed by atoms with Gasteiger partial charge in [-0.3, -0.25) is 9.52 Å². The molecule has 0 saturated carbocycles. The van der Waals surface area contributed by atoms with E-state index >= 15 is 0 Å². The number of amides is 1. The van der Waals surface area contributed by atoms with E-state index in [2.05, 4.69) is 19.8 Å². The van der Waals surface area contributed by atoms with Crippen molar-refractivity contribution in [3.63, 3.8) is 0 Å². The molecule has 0 spiro atoms. The van der Waals surface area contributed by atoms with Gasteiger partial charge in [0.15, 0.2) is 16.0 Å². The first-order valence-electron chi connectivity index (χ1n) is 5.42. The Bertz CT molecular complexity index is 721. The van der Waals surface area contributed by atoms with Gasteiger partial charge in [-0.25, -0.2) is 18.9 Å². The van der Waals surface area contributed by atoms with E-state index in [4.69, 9.17) is 0 Å². The Morgan fingerprint density at radius 2 is 2.26 bits per heavy atom. The molecule has 1 atom stereocenters. The van der Waals surface area contributed by atoms with Crippen LogP contribution in [0, 0.1) is 6.92 Å². The molecule has 0 saturated heterocycles. The minimum absolute atomic E-state index is 0.307. The number of nitrogens with zero attached hydrogens (tertiary/aromatic N) is 4. The minimum atomic E-state index is -1.56. The fourth-order valence-electron chi connectivity index (χ4n) is 1.68. The molecule has 2 aromatic heterocycles. The van der Waals surface area contributed by atoms with Crippen LogP contribution in [0.1, 0.15) is 5.82 Å². The Balaban J connectivity index is 1.98. The summed E-state index contributed by atoms with van der Waals surface area (Å²) in [5, 5.41) is 4.40. The van der Waals surface area contributed by atoms with E-state index in [0.29, 0.717) is 10.9 Å². The minimum Gasteiger partial charge on any atom is -0.269 e. The van der Waals surface area contributed by atoms with Crippen LogP contribution in [-0.2, 0) is 15.8 Å². The van der Waals surface area contributed by atoms with Crippen LogP contribution in [0.5, 0.6) is 0 Å². The van der Waals surface area contributed by atoms with Crippen molar-refractivity contribution < 1.29 is 9.00 Å². The molecular formula is C11H9N5O2S. The van der Waals surface area contributed by atoms with E-state index in [1.54, 1.807) is 31.6 Å². The molecule has 96 valence electrons. The molecule has 1 aliphatic rings. The van der Waals surface area contributed by atoms with Crippen molar-refractivity contribution in [2.75, 3.05) is 0 Å². The predicted octanol–water partition coefficient (Wildman–Crippen LogP) is 0.240. The van der Waals surface area contributed by atoms with Crippen molar-refractivity contribution in [2.45, 2.75) is 6.92 Å². The lowest BCUT2D eigenvalue weighted by atomic mass is 10.2. The third kappa shape index (κ3) is 2.17. The second kappa shape index (κ2) is 4.39. The zero-order valence-corrected chi connectivity index (χ0v) is 10.7. The average Bonchev–Trinajstić information content (AvgIpc) is 2.96. The molecule has 3 heterocycles. The van der Waals surface area contributed by atoms with Crippen molar-refractivity contribution in [3.05, 3.63) is 36.6 Å². The van der Waals surface area contributed by atoms with Gasteiger partial charge < -0.3 is 0 Å². The highest BCUT2D eigenvalue weighted by Crippen LogP contribution is 2.19. The van der Waals surface area contributed by atoms with Gasteiger partial charge >= 0.3 is 0 Å². The molecule has 0 aliphatic carbocycles. The highest BCUT2D eigenvalue weighted by molar-refractivity contribution is 7.93. The maximum absolute atomic E-state index is 11.6. The number of nitrogens with one attached hydrogen (secondary N) is 1. The van der Waals surface area contributed by atoms with Gasteiger partial charge in [-0.15, -0.1) is 0 Å². The zero-order chi connectivity index (χ0) is 13.4. The molecule has 1 amide bonds. The summed E-state index contributed by atoms with van der Waals surface area (Å²) in [6.07, 6.45) is 6.19. The van der Waals surface area contributed by atoms with Gasteiger partial charge in [-0.05, 0) is 13.0 Å². The molecule has 0 radical (unpaired) electrons. The standard InChI is InChI=1S/C11H9N5O2S/c1-7-12-3-2-9(14-7)8-5-13-16(6-8)11-4-10(17)15-19(11)18/h2-6H,1H3,(H,15,17). The van der Waals surface area contributed by atoms with Gasteiger partial charge in [0, 0.05) is 24.0 Å². The summed E-state index contributed by atoms with van der Waals surface area (Å²) in [4.78, 5) is 19.4. The summed E-state index contributed by atoms with van der Waals surface area (Å²) in [6.45, 7) is 1.80. The van der Waals surface area contributed by atoms with E-state index in [-0.39, 0.29) is 5.91 Å². The molecule has 1 unspecified atom stereocenters. The number of aryl methyl sites for hydroxylation is 1. The van der Waals surface area contributed by atoms with Crippen LogP contribution in [0.15, 0.2) is 30.7 Å². The molecule has 1 aliphatic heterocycles. The van der Waals surface area contributed by atoms with Crippen LogP contribution in [0.4, 0.5) is 0 Å². The van der Waals surface area contributed by atoms with Crippen LogP contribution in [0.3, 0.4) is 0 Å². The van der Waals surface area contributed by atoms with Crippen molar-refractivity contribution in [1.29, 1.82) is 0 Å². The zero-order valence-electron chi connectivity index (χ0n) is 9.90. The molecule has 1 N–H and O–H groups in total. The van der Waals surface area contributed by atoms with Gasteiger partial charge in [-0.2, -0.15) is 5.10 Å². The quantitative estimate of drug-likeness (QED) is 0.848. The first kappa shape index (κ1) is 11.7. The van der Waals surface area contributed by atoms with Gasteiger partial charge in [0.05, 0.1) is 11.9 Å². The van der Waals surface area contributed by atoms with Crippen LogP contribution < -0.4 is 4.72 Å².